The molecule has 0 amide bonds. The number of rotatable bonds is 23. The van der Waals surface area contributed by atoms with Gasteiger partial charge in [-0.25, -0.2) is 4.79 Å². The van der Waals surface area contributed by atoms with Gasteiger partial charge in [0, 0.05) is 31.1 Å². The maximum atomic E-state index is 13.7. The fourth-order valence-corrected chi connectivity index (χ4v) is 9.86. The molecule has 0 heterocycles. The van der Waals surface area contributed by atoms with Gasteiger partial charge < -0.3 is 27.9 Å². The van der Waals surface area contributed by atoms with E-state index < -0.39 is 87.7 Å². The van der Waals surface area contributed by atoms with Crippen molar-refractivity contribution in [2.75, 3.05) is 34.4 Å². The Morgan fingerprint density at radius 1 is 0.470 bits per heavy atom. The molecule has 25 heteroatoms. The van der Waals surface area contributed by atoms with Crippen LogP contribution in [0.2, 0.25) is 0 Å². The highest BCUT2D eigenvalue weighted by molar-refractivity contribution is 7.88. The first kappa shape index (κ1) is 71.4. The molecule has 0 N–H and O–H groups in total. The van der Waals surface area contributed by atoms with Crippen LogP contribution in [0.15, 0.2) is 91.0 Å². The van der Waals surface area contributed by atoms with Crippen LogP contribution in [0.5, 0.6) is 5.75 Å². The minimum absolute atomic E-state index is 0.00713. The van der Waals surface area contributed by atoms with Crippen LogP contribution < -0.4 is 4.18 Å². The van der Waals surface area contributed by atoms with E-state index in [4.69, 9.17) is 4.74 Å². The van der Waals surface area contributed by atoms with Crippen molar-refractivity contribution < 1.29 is 107 Å². The highest BCUT2D eigenvalue weighted by Crippen LogP contribution is 2.50. The standard InChI is InChI=1S/C31H36F6O4.C27H29F9O5S/c1-7-28(8-2,25-13-10-23(21(4)18-25)12-15-27(38)40-9-3)26-14-11-24(22(5)19-26)16-17-29(30(32,33)34,31(35,36)37)41-20-39-6;1-6-23(7-2,21-10-11-22(18(4)15-21)41-42(37,38)27(34,35)36)20-9-8-19(17(3)14-20)12-13-24(25(28,29)30,26(31,32)33)40-16-39-5/h10-19H,7-9,20H2,1-6H3;8-15H,6-7,16H2,1-5H3/b15-12+,17-16+;13-12+. The maximum absolute atomic E-state index is 13.7. The molecule has 4 rings (SSSR count). The molecule has 0 radical (unpaired) electrons. The molecular formula is C58H65F15O9S. The fraction of sp³-hybridized carbons (Fsp3) is 0.466. The molecule has 0 aliphatic heterocycles. The van der Waals surface area contributed by atoms with Gasteiger partial charge >= 0.3 is 46.3 Å². The van der Waals surface area contributed by atoms with Crippen molar-refractivity contribution in [2.45, 2.75) is 140 Å². The minimum Gasteiger partial charge on any atom is -0.463 e. The van der Waals surface area contributed by atoms with Crippen molar-refractivity contribution >= 4 is 34.3 Å². The average molecular weight is 1220 g/mol. The largest absolute Gasteiger partial charge is 0.534 e. The molecule has 4 aromatic carbocycles. The molecule has 0 unspecified atom stereocenters. The predicted molar refractivity (Wildman–Crippen MR) is 282 cm³/mol. The molecule has 0 aliphatic rings. The molecule has 0 saturated heterocycles. The van der Waals surface area contributed by atoms with E-state index in [0.29, 0.717) is 54.0 Å². The number of aryl methyl sites for hydroxylation is 4. The van der Waals surface area contributed by atoms with E-state index in [9.17, 15) is 79.1 Å². The molecule has 0 atom stereocenters. The van der Waals surface area contributed by atoms with Gasteiger partial charge in [-0.15, -0.1) is 0 Å². The number of halogens is 15. The van der Waals surface area contributed by atoms with E-state index >= 15 is 0 Å². The van der Waals surface area contributed by atoms with Crippen LogP contribution >= 0.6 is 0 Å². The average Bonchev–Trinajstić information content (AvgIpc) is 3.43. The second kappa shape index (κ2) is 27.9. The highest BCUT2D eigenvalue weighted by atomic mass is 32.2. The number of alkyl halides is 15. The lowest BCUT2D eigenvalue weighted by Gasteiger charge is -2.35. The van der Waals surface area contributed by atoms with E-state index in [2.05, 4.69) is 23.1 Å². The van der Waals surface area contributed by atoms with Crippen LogP contribution in [-0.2, 0) is 49.4 Å². The third-order valence-electron chi connectivity index (χ3n) is 14.3. The van der Waals surface area contributed by atoms with Crippen molar-refractivity contribution in [3.8, 4) is 5.75 Å². The van der Waals surface area contributed by atoms with E-state index in [0.717, 1.165) is 48.6 Å². The number of benzene rings is 4. The van der Waals surface area contributed by atoms with Gasteiger partial charge in [-0.1, -0.05) is 107 Å². The zero-order chi connectivity index (χ0) is 63.4. The summed E-state index contributed by atoms with van der Waals surface area (Å²) in [5, 5.41) is 0. The summed E-state index contributed by atoms with van der Waals surface area (Å²) >= 11 is 0. The van der Waals surface area contributed by atoms with Crippen LogP contribution in [0.25, 0.3) is 18.2 Å². The summed E-state index contributed by atoms with van der Waals surface area (Å²) in [7, 11) is -4.08. The number of hydrogen-bond acceptors (Lipinski definition) is 9. The van der Waals surface area contributed by atoms with Gasteiger partial charge in [-0.2, -0.15) is 74.3 Å². The fourth-order valence-electron chi connectivity index (χ4n) is 9.34. The van der Waals surface area contributed by atoms with E-state index in [1.165, 1.54) is 50.3 Å². The summed E-state index contributed by atoms with van der Waals surface area (Å²) in [6, 6.07) is 19.3. The molecule has 0 aromatic heterocycles. The summed E-state index contributed by atoms with van der Waals surface area (Å²) < 4.78 is 252. The second-order valence-electron chi connectivity index (χ2n) is 19.1. The predicted octanol–water partition coefficient (Wildman–Crippen LogP) is 16.6. The first-order valence-electron chi connectivity index (χ1n) is 25.5. The van der Waals surface area contributed by atoms with Crippen molar-refractivity contribution in [2.24, 2.45) is 0 Å². The van der Waals surface area contributed by atoms with E-state index in [-0.39, 0.29) is 35.4 Å². The number of hydrogen-bond donors (Lipinski definition) is 0. The van der Waals surface area contributed by atoms with Crippen LogP contribution in [0.3, 0.4) is 0 Å². The molecular weight excluding hydrogens is 1160 g/mol. The molecule has 0 bridgehead atoms. The molecule has 0 spiro atoms. The third kappa shape index (κ3) is 15.9. The first-order valence-corrected chi connectivity index (χ1v) is 26.9. The summed E-state index contributed by atoms with van der Waals surface area (Å²) in [6.07, 6.45) is -16.7. The van der Waals surface area contributed by atoms with Gasteiger partial charge in [0.2, 0.25) is 0 Å². The molecule has 0 aliphatic carbocycles. The molecule has 0 saturated carbocycles. The maximum Gasteiger partial charge on any atom is 0.534 e. The smallest absolute Gasteiger partial charge is 0.463 e. The Morgan fingerprint density at radius 2 is 0.783 bits per heavy atom. The SMILES string of the molecule is CCC(CC)(c1ccc(/C=C/C(OCOC)(C(F)(F)F)C(F)(F)F)c(C)c1)c1ccc(OS(=O)(=O)C(F)(F)F)c(C)c1.CCOC(=O)/C=C/c1ccc(C(CC)(CC)c2ccc(/C=C/C(OCOC)(C(F)(F)F)C(F)(F)F)c(C)c2)cc1C. The zero-order valence-electron chi connectivity index (χ0n) is 47.1. The van der Waals surface area contributed by atoms with Crippen LogP contribution in [0.1, 0.15) is 121 Å². The van der Waals surface area contributed by atoms with Crippen LogP contribution in [0.4, 0.5) is 65.9 Å². The van der Waals surface area contributed by atoms with Gasteiger partial charge in [-0.05, 0) is 146 Å². The topological polar surface area (TPSA) is 107 Å². The summed E-state index contributed by atoms with van der Waals surface area (Å²) in [5.41, 5.74) is -10.1. The highest BCUT2D eigenvalue weighted by Gasteiger charge is 2.72. The Labute approximate surface area is 472 Å². The van der Waals surface area contributed by atoms with Crippen LogP contribution in [-0.4, -0.2) is 90.2 Å². The lowest BCUT2D eigenvalue weighted by Crippen LogP contribution is -2.57. The minimum atomic E-state index is -5.90. The molecule has 0 fully saturated rings. The van der Waals surface area contributed by atoms with Gasteiger partial charge in [0.25, 0.3) is 11.2 Å². The normalized spacial score (nSPS) is 13.7. The Balaban J connectivity index is 0.000000435. The number of methoxy groups -OCH3 is 2. The van der Waals surface area contributed by atoms with Crippen molar-refractivity contribution in [3.05, 3.63) is 152 Å². The lowest BCUT2D eigenvalue weighted by molar-refractivity contribution is -0.372. The quantitative estimate of drug-likeness (QED) is 0.0179. The number of esters is 1. The van der Waals surface area contributed by atoms with Gasteiger partial charge in [0.05, 0.1) is 6.61 Å². The number of carbonyl (C=O) groups excluding carboxylic acids is 1. The van der Waals surface area contributed by atoms with Gasteiger partial charge in [-0.3, -0.25) is 0 Å². The molecule has 83 heavy (non-hydrogen) atoms. The first-order chi connectivity index (χ1) is 38.2. The second-order valence-corrected chi connectivity index (χ2v) is 20.6. The number of ether oxygens (including phenoxy) is 5. The zero-order valence-corrected chi connectivity index (χ0v) is 47.9. The number of carbonyl (C=O) groups is 1. The molecule has 462 valence electrons. The summed E-state index contributed by atoms with van der Waals surface area (Å²) in [4.78, 5) is 11.7. The van der Waals surface area contributed by atoms with E-state index in [1.54, 1.807) is 38.1 Å². The van der Waals surface area contributed by atoms with Gasteiger partial charge in [0.1, 0.15) is 19.3 Å². The van der Waals surface area contributed by atoms with Crippen molar-refractivity contribution in [1.29, 1.82) is 0 Å². The Kier molecular flexibility index (Phi) is 24.0. The van der Waals surface area contributed by atoms with E-state index in [1.807, 2.05) is 52.8 Å². The summed E-state index contributed by atoms with van der Waals surface area (Å²) in [6.45, 7) is 13.6. The molecule has 9 nitrogen and oxygen atoms in total. The third-order valence-corrected chi connectivity index (χ3v) is 15.2. The Morgan fingerprint density at radius 3 is 1.05 bits per heavy atom. The molecule has 4 aromatic rings. The van der Waals surface area contributed by atoms with Gasteiger partial charge in [0.15, 0.2) is 0 Å². The monoisotopic (exact) mass is 1220 g/mol. The summed E-state index contributed by atoms with van der Waals surface area (Å²) in [5.74, 6) is -0.965. The van der Waals surface area contributed by atoms with Crippen LogP contribution in [0, 0.1) is 27.7 Å². The van der Waals surface area contributed by atoms with Crippen molar-refractivity contribution in [3.63, 3.8) is 0 Å². The van der Waals surface area contributed by atoms with Crippen molar-refractivity contribution in [1.82, 2.24) is 0 Å². The lowest BCUT2D eigenvalue weighted by atomic mass is 9.69. The Hall–Kier alpha value is -5.89. The Bertz CT molecular complexity index is 2990.